The van der Waals surface area contributed by atoms with Crippen LogP contribution >= 0.6 is 0 Å². The molecule has 1 N–H and O–H groups in total. The van der Waals surface area contributed by atoms with E-state index in [4.69, 9.17) is 0 Å². The van der Waals surface area contributed by atoms with Gasteiger partial charge in [0.2, 0.25) is 0 Å². The van der Waals surface area contributed by atoms with E-state index in [1.807, 2.05) is 43.0 Å². The summed E-state index contributed by atoms with van der Waals surface area (Å²) in [6.07, 6.45) is 0. The highest BCUT2D eigenvalue weighted by molar-refractivity contribution is 5.89. The zero-order valence-electron chi connectivity index (χ0n) is 13.1. The lowest BCUT2D eigenvalue weighted by molar-refractivity contribution is 0.200. The quantitative estimate of drug-likeness (QED) is 0.831. The van der Waals surface area contributed by atoms with E-state index in [1.165, 1.54) is 5.56 Å². The van der Waals surface area contributed by atoms with Gasteiger partial charge in [0.15, 0.2) is 0 Å². The summed E-state index contributed by atoms with van der Waals surface area (Å²) < 4.78 is 0. The largest absolute Gasteiger partial charge is 0.324 e. The first-order valence-electron chi connectivity index (χ1n) is 7.45. The Bertz CT molecular complexity index is 399. The van der Waals surface area contributed by atoms with E-state index in [0.717, 1.165) is 38.4 Å². The smallest absolute Gasteiger partial charge is 0.321 e. The lowest BCUT2D eigenvalue weighted by Gasteiger charge is -2.25. The van der Waals surface area contributed by atoms with Gasteiger partial charge in [0.1, 0.15) is 0 Å². The molecule has 0 aliphatic rings. The molecule has 0 fully saturated rings. The molecule has 0 aliphatic heterocycles. The molecule has 0 radical (unpaired) electrons. The third kappa shape index (κ3) is 5.21. The zero-order chi connectivity index (χ0) is 15.0. The predicted molar refractivity (Wildman–Crippen MR) is 85.2 cm³/mol. The van der Waals surface area contributed by atoms with E-state index >= 15 is 0 Å². The Labute approximate surface area is 122 Å². The van der Waals surface area contributed by atoms with Gasteiger partial charge in [-0.3, -0.25) is 0 Å². The van der Waals surface area contributed by atoms with Gasteiger partial charge in [-0.2, -0.15) is 0 Å². The van der Waals surface area contributed by atoms with Gasteiger partial charge in [0.25, 0.3) is 0 Å². The van der Waals surface area contributed by atoms with E-state index in [2.05, 4.69) is 24.1 Å². The SMILES string of the molecule is CCN(CC)CCN(CC)C(=O)Nc1ccc(C)cc1. The van der Waals surface area contributed by atoms with Crippen molar-refractivity contribution in [2.45, 2.75) is 27.7 Å². The Morgan fingerprint density at radius 1 is 1.00 bits per heavy atom. The summed E-state index contributed by atoms with van der Waals surface area (Å²) in [4.78, 5) is 16.4. The molecule has 0 bridgehead atoms. The average molecular weight is 277 g/mol. The summed E-state index contributed by atoms with van der Waals surface area (Å²) in [5.41, 5.74) is 2.04. The van der Waals surface area contributed by atoms with E-state index in [9.17, 15) is 4.79 Å². The van der Waals surface area contributed by atoms with Crippen LogP contribution in [0.2, 0.25) is 0 Å². The third-order valence-corrected chi connectivity index (χ3v) is 3.55. The van der Waals surface area contributed by atoms with Gasteiger partial charge in [-0.1, -0.05) is 31.5 Å². The van der Waals surface area contributed by atoms with Gasteiger partial charge in [0.05, 0.1) is 0 Å². The number of carbonyl (C=O) groups is 1. The maximum Gasteiger partial charge on any atom is 0.321 e. The Morgan fingerprint density at radius 3 is 2.10 bits per heavy atom. The fourth-order valence-electron chi connectivity index (χ4n) is 2.04. The second-order valence-electron chi connectivity index (χ2n) is 4.90. The maximum atomic E-state index is 12.2. The minimum absolute atomic E-state index is 0.0245. The minimum Gasteiger partial charge on any atom is -0.324 e. The van der Waals surface area contributed by atoms with Crippen LogP contribution in [0.15, 0.2) is 24.3 Å². The summed E-state index contributed by atoms with van der Waals surface area (Å²) in [7, 11) is 0. The molecule has 1 rings (SSSR count). The van der Waals surface area contributed by atoms with Gasteiger partial charge in [0, 0.05) is 25.3 Å². The van der Waals surface area contributed by atoms with Crippen LogP contribution in [0.5, 0.6) is 0 Å². The van der Waals surface area contributed by atoms with Crippen LogP contribution in [0, 0.1) is 6.92 Å². The van der Waals surface area contributed by atoms with Crippen LogP contribution in [0.4, 0.5) is 10.5 Å². The summed E-state index contributed by atoms with van der Waals surface area (Å²) in [6, 6.07) is 7.85. The molecule has 0 heterocycles. The van der Waals surface area contributed by atoms with E-state index < -0.39 is 0 Å². The molecule has 112 valence electrons. The standard InChI is InChI=1S/C16H27N3O/c1-5-18(6-2)12-13-19(7-3)16(20)17-15-10-8-14(4)9-11-15/h8-11H,5-7,12-13H2,1-4H3,(H,17,20). The average Bonchev–Trinajstić information content (AvgIpc) is 2.46. The van der Waals surface area contributed by atoms with E-state index in [0.29, 0.717) is 0 Å². The number of nitrogens with one attached hydrogen (secondary N) is 1. The Kier molecular flexibility index (Phi) is 7.09. The van der Waals surface area contributed by atoms with Crippen LogP contribution in [0.25, 0.3) is 0 Å². The number of urea groups is 1. The topological polar surface area (TPSA) is 35.6 Å². The number of likely N-dealkylation sites (N-methyl/N-ethyl adjacent to an activating group) is 2. The Hall–Kier alpha value is -1.55. The fraction of sp³-hybridized carbons (Fsp3) is 0.562. The molecule has 0 unspecified atom stereocenters. The number of anilines is 1. The molecule has 1 aromatic carbocycles. The molecule has 0 saturated heterocycles. The number of hydrogen-bond acceptors (Lipinski definition) is 2. The number of hydrogen-bond donors (Lipinski definition) is 1. The molecule has 1 aromatic rings. The van der Waals surface area contributed by atoms with Crippen molar-refractivity contribution < 1.29 is 4.79 Å². The highest BCUT2D eigenvalue weighted by Crippen LogP contribution is 2.09. The second-order valence-corrected chi connectivity index (χ2v) is 4.90. The van der Waals surface area contributed by atoms with Gasteiger partial charge < -0.3 is 15.1 Å². The lowest BCUT2D eigenvalue weighted by Crippen LogP contribution is -2.40. The number of benzene rings is 1. The zero-order valence-corrected chi connectivity index (χ0v) is 13.1. The molecule has 2 amide bonds. The Morgan fingerprint density at radius 2 is 1.60 bits per heavy atom. The summed E-state index contributed by atoms with van der Waals surface area (Å²) in [6.45, 7) is 12.8. The highest BCUT2D eigenvalue weighted by atomic mass is 16.2. The summed E-state index contributed by atoms with van der Waals surface area (Å²) >= 11 is 0. The van der Waals surface area contributed by atoms with E-state index in [1.54, 1.807) is 0 Å². The van der Waals surface area contributed by atoms with Crippen molar-refractivity contribution in [3.05, 3.63) is 29.8 Å². The van der Waals surface area contributed by atoms with Crippen molar-refractivity contribution in [3.63, 3.8) is 0 Å². The molecule has 20 heavy (non-hydrogen) atoms. The van der Waals surface area contributed by atoms with Crippen LogP contribution in [-0.2, 0) is 0 Å². The van der Waals surface area contributed by atoms with Crippen LogP contribution < -0.4 is 5.32 Å². The second kappa shape index (κ2) is 8.59. The first-order chi connectivity index (χ1) is 9.60. The monoisotopic (exact) mass is 277 g/mol. The summed E-state index contributed by atoms with van der Waals surface area (Å²) in [5.74, 6) is 0. The first kappa shape index (κ1) is 16.5. The fourth-order valence-corrected chi connectivity index (χ4v) is 2.04. The van der Waals surface area contributed by atoms with Crippen molar-refractivity contribution in [3.8, 4) is 0 Å². The number of aryl methyl sites for hydroxylation is 1. The lowest BCUT2D eigenvalue weighted by atomic mass is 10.2. The summed E-state index contributed by atoms with van der Waals surface area (Å²) in [5, 5.41) is 2.95. The third-order valence-electron chi connectivity index (χ3n) is 3.55. The first-order valence-corrected chi connectivity index (χ1v) is 7.45. The van der Waals surface area contributed by atoms with Crippen LogP contribution in [0.3, 0.4) is 0 Å². The van der Waals surface area contributed by atoms with Crippen molar-refractivity contribution >= 4 is 11.7 Å². The van der Waals surface area contributed by atoms with Crippen LogP contribution in [0.1, 0.15) is 26.3 Å². The van der Waals surface area contributed by atoms with Gasteiger partial charge >= 0.3 is 6.03 Å². The predicted octanol–water partition coefficient (Wildman–Crippen LogP) is 3.19. The van der Waals surface area contributed by atoms with Crippen LogP contribution in [-0.4, -0.2) is 48.6 Å². The molecule has 0 atom stereocenters. The number of carbonyl (C=O) groups excluding carboxylic acids is 1. The van der Waals surface area contributed by atoms with Crippen molar-refractivity contribution in [2.75, 3.05) is 38.0 Å². The van der Waals surface area contributed by atoms with Gasteiger partial charge in [-0.25, -0.2) is 4.79 Å². The molecule has 0 spiro atoms. The number of rotatable bonds is 7. The molecular formula is C16H27N3O. The van der Waals surface area contributed by atoms with Crippen molar-refractivity contribution in [1.29, 1.82) is 0 Å². The number of amides is 2. The molecule has 0 aliphatic carbocycles. The van der Waals surface area contributed by atoms with Crippen molar-refractivity contribution in [1.82, 2.24) is 9.80 Å². The highest BCUT2D eigenvalue weighted by Gasteiger charge is 2.12. The van der Waals surface area contributed by atoms with Gasteiger partial charge in [-0.05, 0) is 39.1 Å². The van der Waals surface area contributed by atoms with E-state index in [-0.39, 0.29) is 6.03 Å². The number of nitrogens with zero attached hydrogens (tertiary/aromatic N) is 2. The minimum atomic E-state index is -0.0245. The molecule has 0 aromatic heterocycles. The Balaban J connectivity index is 2.52. The molecule has 0 saturated carbocycles. The normalized spacial score (nSPS) is 10.7. The van der Waals surface area contributed by atoms with Gasteiger partial charge in [-0.15, -0.1) is 0 Å². The van der Waals surface area contributed by atoms with Crippen molar-refractivity contribution in [2.24, 2.45) is 0 Å². The molecule has 4 heteroatoms. The molecular weight excluding hydrogens is 250 g/mol. The molecule has 4 nitrogen and oxygen atoms in total. The maximum absolute atomic E-state index is 12.2.